The van der Waals surface area contributed by atoms with Crippen molar-refractivity contribution in [3.8, 4) is 0 Å². The van der Waals surface area contributed by atoms with Crippen LogP contribution >= 0.6 is 11.3 Å². The third-order valence-electron chi connectivity index (χ3n) is 3.06. The minimum absolute atomic E-state index is 0.221. The molecule has 100 valence electrons. The van der Waals surface area contributed by atoms with Gasteiger partial charge in [-0.2, -0.15) is 0 Å². The summed E-state index contributed by atoms with van der Waals surface area (Å²) in [4.78, 5) is 14.0. The van der Waals surface area contributed by atoms with Gasteiger partial charge in [-0.15, -0.1) is 11.3 Å². The third kappa shape index (κ3) is 3.31. The first-order valence-electron chi connectivity index (χ1n) is 6.20. The van der Waals surface area contributed by atoms with Crippen molar-refractivity contribution < 1.29 is 14.3 Å². The first kappa shape index (κ1) is 13.5. The molecular weight excluding hydrogens is 250 g/mol. The number of ether oxygens (including phenoxy) is 2. The molecule has 0 radical (unpaired) electrons. The van der Waals surface area contributed by atoms with Crippen LogP contribution in [0.2, 0.25) is 0 Å². The zero-order valence-electron chi connectivity index (χ0n) is 10.8. The van der Waals surface area contributed by atoms with E-state index in [-0.39, 0.29) is 18.1 Å². The minimum atomic E-state index is -0.377. The summed E-state index contributed by atoms with van der Waals surface area (Å²) in [5.74, 6) is -0.241. The van der Waals surface area contributed by atoms with E-state index in [1.165, 1.54) is 12.0 Å². The van der Waals surface area contributed by atoms with Gasteiger partial charge in [-0.3, -0.25) is 5.32 Å². The summed E-state index contributed by atoms with van der Waals surface area (Å²) in [5, 5.41) is 3.25. The van der Waals surface area contributed by atoms with Crippen molar-refractivity contribution in [1.29, 1.82) is 0 Å². The molecule has 1 aromatic heterocycles. The fourth-order valence-corrected chi connectivity index (χ4v) is 3.02. The predicted octanol–water partition coefficient (Wildman–Crippen LogP) is 2.04. The van der Waals surface area contributed by atoms with Gasteiger partial charge in [0.1, 0.15) is 6.04 Å². The van der Waals surface area contributed by atoms with Gasteiger partial charge in [-0.25, -0.2) is 4.79 Å². The molecule has 0 saturated carbocycles. The standard InChI is InChI=1S/C13H19NO3S/c1-9-5-6-11(18-9)12(13(15)16-2)14-8-10-4-3-7-17-10/h5-6,10,12,14H,3-4,7-8H2,1-2H3. The van der Waals surface area contributed by atoms with Crippen molar-refractivity contribution in [1.82, 2.24) is 5.32 Å². The summed E-state index contributed by atoms with van der Waals surface area (Å²) >= 11 is 1.62. The largest absolute Gasteiger partial charge is 0.468 e. The Bertz CT molecular complexity index is 399. The molecule has 1 fully saturated rings. The SMILES string of the molecule is COC(=O)C(NCC1CCCO1)c1ccc(C)s1. The highest BCUT2D eigenvalue weighted by atomic mass is 32.1. The van der Waals surface area contributed by atoms with E-state index in [4.69, 9.17) is 9.47 Å². The van der Waals surface area contributed by atoms with E-state index in [0.29, 0.717) is 6.54 Å². The van der Waals surface area contributed by atoms with Crippen LogP contribution in [0.5, 0.6) is 0 Å². The molecule has 1 aliphatic rings. The van der Waals surface area contributed by atoms with Crippen LogP contribution in [0, 0.1) is 6.92 Å². The van der Waals surface area contributed by atoms with Crippen molar-refractivity contribution in [2.75, 3.05) is 20.3 Å². The van der Waals surface area contributed by atoms with Crippen LogP contribution in [0.15, 0.2) is 12.1 Å². The first-order valence-corrected chi connectivity index (χ1v) is 7.01. The molecular formula is C13H19NO3S. The fourth-order valence-electron chi connectivity index (χ4n) is 2.08. The second kappa shape index (κ2) is 6.31. The molecule has 0 spiro atoms. The van der Waals surface area contributed by atoms with Gasteiger partial charge >= 0.3 is 5.97 Å². The average Bonchev–Trinajstić information content (AvgIpc) is 3.01. The van der Waals surface area contributed by atoms with E-state index in [9.17, 15) is 4.79 Å². The molecule has 2 heterocycles. The smallest absolute Gasteiger partial charge is 0.328 e. The molecule has 0 amide bonds. The Labute approximate surface area is 111 Å². The van der Waals surface area contributed by atoms with Gasteiger partial charge in [0.15, 0.2) is 0 Å². The topological polar surface area (TPSA) is 47.6 Å². The quantitative estimate of drug-likeness (QED) is 0.831. The Morgan fingerprint density at radius 1 is 1.67 bits per heavy atom. The highest BCUT2D eigenvalue weighted by molar-refractivity contribution is 7.12. The van der Waals surface area contributed by atoms with E-state index < -0.39 is 0 Å². The van der Waals surface area contributed by atoms with E-state index >= 15 is 0 Å². The number of rotatable bonds is 5. The lowest BCUT2D eigenvalue weighted by Crippen LogP contribution is -2.34. The second-order valence-electron chi connectivity index (χ2n) is 4.45. The Morgan fingerprint density at radius 3 is 3.06 bits per heavy atom. The van der Waals surface area contributed by atoms with Crippen molar-refractivity contribution in [3.63, 3.8) is 0 Å². The van der Waals surface area contributed by atoms with E-state index in [1.807, 2.05) is 19.1 Å². The van der Waals surface area contributed by atoms with Gasteiger partial charge in [0.2, 0.25) is 0 Å². The number of carbonyl (C=O) groups is 1. The molecule has 1 aliphatic heterocycles. The maximum absolute atomic E-state index is 11.8. The monoisotopic (exact) mass is 269 g/mol. The van der Waals surface area contributed by atoms with Gasteiger partial charge in [-0.1, -0.05) is 0 Å². The molecule has 1 aromatic rings. The van der Waals surface area contributed by atoms with Crippen molar-refractivity contribution in [2.45, 2.75) is 31.9 Å². The van der Waals surface area contributed by atoms with Crippen LogP contribution in [-0.2, 0) is 14.3 Å². The zero-order valence-corrected chi connectivity index (χ0v) is 11.6. The lowest BCUT2D eigenvalue weighted by Gasteiger charge is -2.17. The van der Waals surface area contributed by atoms with Gasteiger partial charge in [0.25, 0.3) is 0 Å². The van der Waals surface area contributed by atoms with Gasteiger partial charge in [-0.05, 0) is 31.9 Å². The molecule has 4 nitrogen and oxygen atoms in total. The van der Waals surface area contributed by atoms with Crippen LogP contribution in [-0.4, -0.2) is 32.3 Å². The number of hydrogen-bond acceptors (Lipinski definition) is 5. The molecule has 2 atom stereocenters. The number of carbonyl (C=O) groups excluding carboxylic acids is 1. The van der Waals surface area contributed by atoms with Crippen molar-refractivity contribution >= 4 is 17.3 Å². The van der Waals surface area contributed by atoms with Gasteiger partial charge in [0, 0.05) is 22.9 Å². The highest BCUT2D eigenvalue weighted by Gasteiger charge is 2.25. The summed E-state index contributed by atoms with van der Waals surface area (Å²) in [6, 6.07) is 3.62. The summed E-state index contributed by atoms with van der Waals surface area (Å²) in [5.41, 5.74) is 0. The predicted molar refractivity (Wildman–Crippen MR) is 70.8 cm³/mol. The lowest BCUT2D eigenvalue weighted by molar-refractivity contribution is -0.143. The Kier molecular flexibility index (Phi) is 4.74. The molecule has 0 aromatic carbocycles. The summed E-state index contributed by atoms with van der Waals surface area (Å²) in [7, 11) is 1.42. The zero-order chi connectivity index (χ0) is 13.0. The minimum Gasteiger partial charge on any atom is -0.468 e. The van der Waals surface area contributed by atoms with Crippen LogP contribution < -0.4 is 5.32 Å². The van der Waals surface area contributed by atoms with Gasteiger partial charge < -0.3 is 9.47 Å². The number of thiophene rings is 1. The Hall–Kier alpha value is -0.910. The molecule has 1 N–H and O–H groups in total. The fraction of sp³-hybridized carbons (Fsp3) is 0.615. The van der Waals surface area contributed by atoms with Crippen molar-refractivity contribution in [3.05, 3.63) is 21.9 Å². The average molecular weight is 269 g/mol. The molecule has 18 heavy (non-hydrogen) atoms. The van der Waals surface area contributed by atoms with E-state index in [0.717, 1.165) is 24.3 Å². The highest BCUT2D eigenvalue weighted by Crippen LogP contribution is 2.24. The number of esters is 1. The molecule has 1 saturated heterocycles. The van der Waals surface area contributed by atoms with E-state index in [1.54, 1.807) is 11.3 Å². The Balaban J connectivity index is 1.98. The number of aryl methyl sites for hydroxylation is 1. The maximum atomic E-state index is 11.8. The summed E-state index contributed by atoms with van der Waals surface area (Å²) < 4.78 is 10.4. The molecule has 5 heteroatoms. The number of nitrogens with one attached hydrogen (secondary N) is 1. The van der Waals surface area contributed by atoms with E-state index in [2.05, 4.69) is 5.32 Å². The Morgan fingerprint density at radius 2 is 2.50 bits per heavy atom. The number of hydrogen-bond donors (Lipinski definition) is 1. The number of methoxy groups -OCH3 is 1. The normalized spacial score (nSPS) is 20.9. The first-order chi connectivity index (χ1) is 8.70. The van der Waals surface area contributed by atoms with Crippen LogP contribution in [0.4, 0.5) is 0 Å². The van der Waals surface area contributed by atoms with Crippen LogP contribution in [0.25, 0.3) is 0 Å². The van der Waals surface area contributed by atoms with Crippen LogP contribution in [0.3, 0.4) is 0 Å². The van der Waals surface area contributed by atoms with Crippen LogP contribution in [0.1, 0.15) is 28.6 Å². The molecule has 2 rings (SSSR count). The van der Waals surface area contributed by atoms with Crippen molar-refractivity contribution in [2.24, 2.45) is 0 Å². The molecule has 0 bridgehead atoms. The summed E-state index contributed by atoms with van der Waals surface area (Å²) in [6.45, 7) is 3.55. The lowest BCUT2D eigenvalue weighted by atomic mass is 10.2. The maximum Gasteiger partial charge on any atom is 0.328 e. The van der Waals surface area contributed by atoms with Gasteiger partial charge in [0.05, 0.1) is 13.2 Å². The summed E-state index contributed by atoms with van der Waals surface area (Å²) in [6.07, 6.45) is 2.38. The molecule has 0 aliphatic carbocycles. The second-order valence-corrected chi connectivity index (χ2v) is 5.77. The molecule has 2 unspecified atom stereocenters. The third-order valence-corrected chi connectivity index (χ3v) is 4.12.